The van der Waals surface area contributed by atoms with Gasteiger partial charge in [0.2, 0.25) is 0 Å². The molecule has 1 spiro atoms. The van der Waals surface area contributed by atoms with Gasteiger partial charge in [0.15, 0.2) is 5.72 Å². The van der Waals surface area contributed by atoms with Crippen LogP contribution in [0, 0.1) is 5.92 Å². The summed E-state index contributed by atoms with van der Waals surface area (Å²) >= 11 is 0. The van der Waals surface area contributed by atoms with Crippen molar-refractivity contribution in [2.45, 2.75) is 57.2 Å². The highest BCUT2D eigenvalue weighted by molar-refractivity contribution is 6.02. The minimum absolute atomic E-state index is 0.264. The summed E-state index contributed by atoms with van der Waals surface area (Å²) in [5, 5.41) is 7.45. The molecule has 5 rings (SSSR count). The van der Waals surface area contributed by atoms with Gasteiger partial charge in [-0.05, 0) is 54.7 Å². The Morgan fingerprint density at radius 1 is 1.11 bits per heavy atom. The van der Waals surface area contributed by atoms with Gasteiger partial charge in [-0.2, -0.15) is 5.10 Å². The molecule has 0 amide bonds. The lowest BCUT2D eigenvalue weighted by Crippen LogP contribution is -2.55. The molecule has 0 radical (unpaired) electrons. The minimum Gasteiger partial charge on any atom is -0.497 e. The Balaban J connectivity index is 1.52. The largest absolute Gasteiger partial charge is 0.497 e. The van der Waals surface area contributed by atoms with Crippen LogP contribution in [0.5, 0.6) is 11.5 Å². The Morgan fingerprint density at radius 2 is 1.86 bits per heavy atom. The van der Waals surface area contributed by atoms with E-state index in [1.807, 2.05) is 12.1 Å². The summed E-state index contributed by atoms with van der Waals surface area (Å²) in [6, 6.07) is 17.0. The highest BCUT2D eigenvalue weighted by Gasteiger charge is 2.51. The number of hydrazone groups is 1. The van der Waals surface area contributed by atoms with Crippen molar-refractivity contribution in [1.29, 1.82) is 0 Å². The number of hydrogen-bond donors (Lipinski definition) is 0. The lowest BCUT2D eigenvalue weighted by molar-refractivity contribution is -0.146. The van der Waals surface area contributed by atoms with Crippen molar-refractivity contribution in [3.63, 3.8) is 0 Å². The Hall–Kier alpha value is -2.49. The number of ether oxygens (including phenoxy) is 2. The van der Waals surface area contributed by atoms with Gasteiger partial charge in [0.05, 0.1) is 18.9 Å². The molecule has 2 aromatic carbocycles. The van der Waals surface area contributed by atoms with Crippen LogP contribution >= 0.6 is 0 Å². The molecule has 0 N–H and O–H groups in total. The number of para-hydroxylation sites is 1. The monoisotopic (exact) mass is 376 g/mol. The number of rotatable bonds is 3. The summed E-state index contributed by atoms with van der Waals surface area (Å²) in [7, 11) is 1.70. The summed E-state index contributed by atoms with van der Waals surface area (Å²) in [5.41, 5.74) is 3.28. The van der Waals surface area contributed by atoms with Crippen LogP contribution in [0.15, 0.2) is 53.6 Å². The van der Waals surface area contributed by atoms with Crippen LogP contribution in [0.2, 0.25) is 0 Å². The molecule has 4 nitrogen and oxygen atoms in total. The normalized spacial score (nSPS) is 28.4. The Kier molecular flexibility index (Phi) is 4.30. The first kappa shape index (κ1) is 17.6. The second-order valence-electron chi connectivity index (χ2n) is 8.28. The minimum atomic E-state index is -0.293. The second kappa shape index (κ2) is 6.84. The summed E-state index contributed by atoms with van der Waals surface area (Å²) < 4.78 is 12.0. The Morgan fingerprint density at radius 3 is 2.57 bits per heavy atom. The third-order valence-electron chi connectivity index (χ3n) is 6.79. The smallest absolute Gasteiger partial charge is 0.198 e. The standard InChI is InChI=1S/C24H28N2O2/c1-3-17-12-14-24(15-13-17)26-22(20-6-4-5-7-23(20)28-24)16-21(25-26)18-8-10-19(27-2)11-9-18/h4-11,17,22H,3,12-16H2,1-2H3/t17?,22-,24?/m1/s1. The van der Waals surface area contributed by atoms with Crippen LogP contribution < -0.4 is 9.47 Å². The number of nitrogens with zero attached hydrogens (tertiary/aromatic N) is 2. The van der Waals surface area contributed by atoms with E-state index in [0.717, 1.165) is 42.4 Å². The van der Waals surface area contributed by atoms with Crippen LogP contribution in [0.1, 0.15) is 62.6 Å². The van der Waals surface area contributed by atoms with E-state index in [1.165, 1.54) is 30.4 Å². The second-order valence-corrected chi connectivity index (χ2v) is 8.28. The molecule has 2 heterocycles. The zero-order chi connectivity index (χ0) is 19.1. The van der Waals surface area contributed by atoms with Gasteiger partial charge in [-0.1, -0.05) is 31.5 Å². The number of benzene rings is 2. The highest BCUT2D eigenvalue weighted by atomic mass is 16.5. The van der Waals surface area contributed by atoms with Gasteiger partial charge in [-0.25, -0.2) is 5.01 Å². The molecule has 0 aromatic heterocycles. The van der Waals surface area contributed by atoms with Crippen molar-refractivity contribution in [2.75, 3.05) is 7.11 Å². The van der Waals surface area contributed by atoms with E-state index >= 15 is 0 Å². The van der Waals surface area contributed by atoms with E-state index in [-0.39, 0.29) is 11.8 Å². The maximum Gasteiger partial charge on any atom is 0.198 e. The van der Waals surface area contributed by atoms with E-state index in [2.05, 4.69) is 48.3 Å². The van der Waals surface area contributed by atoms with E-state index in [9.17, 15) is 0 Å². The Labute approximate surface area is 167 Å². The number of methoxy groups -OCH3 is 1. The maximum absolute atomic E-state index is 6.69. The van der Waals surface area contributed by atoms with Gasteiger partial charge < -0.3 is 9.47 Å². The first-order valence-electron chi connectivity index (χ1n) is 10.5. The summed E-state index contributed by atoms with van der Waals surface area (Å²) in [6.07, 6.45) is 6.72. The first-order chi connectivity index (χ1) is 13.7. The van der Waals surface area contributed by atoms with E-state index in [0.29, 0.717) is 0 Å². The van der Waals surface area contributed by atoms with E-state index in [1.54, 1.807) is 7.11 Å². The summed E-state index contributed by atoms with van der Waals surface area (Å²) in [4.78, 5) is 0. The fourth-order valence-corrected chi connectivity index (χ4v) is 5.05. The number of hydrogen-bond acceptors (Lipinski definition) is 4. The molecule has 0 bridgehead atoms. The quantitative estimate of drug-likeness (QED) is 0.706. The van der Waals surface area contributed by atoms with Crippen molar-refractivity contribution in [1.82, 2.24) is 5.01 Å². The van der Waals surface area contributed by atoms with Crippen molar-refractivity contribution in [3.05, 3.63) is 59.7 Å². The zero-order valence-electron chi connectivity index (χ0n) is 16.7. The molecule has 3 aliphatic rings. The molecule has 28 heavy (non-hydrogen) atoms. The third-order valence-corrected chi connectivity index (χ3v) is 6.79. The first-order valence-corrected chi connectivity index (χ1v) is 10.5. The van der Waals surface area contributed by atoms with Crippen LogP contribution in [0.4, 0.5) is 0 Å². The van der Waals surface area contributed by atoms with Gasteiger partial charge >= 0.3 is 0 Å². The fraction of sp³-hybridized carbons (Fsp3) is 0.458. The predicted molar refractivity (Wildman–Crippen MR) is 111 cm³/mol. The summed E-state index contributed by atoms with van der Waals surface area (Å²) in [6.45, 7) is 2.30. The topological polar surface area (TPSA) is 34.1 Å². The molecule has 0 saturated heterocycles. The van der Waals surface area contributed by atoms with Crippen molar-refractivity contribution in [2.24, 2.45) is 11.0 Å². The van der Waals surface area contributed by atoms with Crippen LogP contribution in [0.25, 0.3) is 0 Å². The predicted octanol–water partition coefficient (Wildman–Crippen LogP) is 5.54. The zero-order valence-corrected chi connectivity index (χ0v) is 16.7. The van der Waals surface area contributed by atoms with Crippen LogP contribution in [-0.4, -0.2) is 23.6 Å². The molecular formula is C24H28N2O2. The lowest BCUT2D eigenvalue weighted by Gasteiger charge is -2.50. The van der Waals surface area contributed by atoms with Crippen LogP contribution in [-0.2, 0) is 0 Å². The van der Waals surface area contributed by atoms with Crippen molar-refractivity contribution >= 4 is 5.71 Å². The molecule has 1 fully saturated rings. The summed E-state index contributed by atoms with van der Waals surface area (Å²) in [5.74, 6) is 2.74. The molecule has 2 aromatic rings. The fourth-order valence-electron chi connectivity index (χ4n) is 5.05. The van der Waals surface area contributed by atoms with Crippen molar-refractivity contribution < 1.29 is 9.47 Å². The molecule has 4 heteroatoms. The average Bonchev–Trinajstić information content (AvgIpc) is 3.21. The Bertz CT molecular complexity index is 882. The van der Waals surface area contributed by atoms with Gasteiger partial charge in [0.25, 0.3) is 0 Å². The molecular weight excluding hydrogens is 348 g/mol. The SMILES string of the molecule is CCC1CCC2(CC1)Oc1ccccc1[C@H]1CC(c3ccc(OC)cc3)=NN12. The van der Waals surface area contributed by atoms with Gasteiger partial charge in [0, 0.05) is 24.8 Å². The van der Waals surface area contributed by atoms with Gasteiger partial charge in [0.1, 0.15) is 11.5 Å². The molecule has 1 atom stereocenters. The van der Waals surface area contributed by atoms with Gasteiger partial charge in [-0.15, -0.1) is 0 Å². The average molecular weight is 377 g/mol. The maximum atomic E-state index is 6.69. The van der Waals surface area contributed by atoms with Crippen LogP contribution in [0.3, 0.4) is 0 Å². The molecule has 146 valence electrons. The van der Waals surface area contributed by atoms with E-state index in [4.69, 9.17) is 14.6 Å². The van der Waals surface area contributed by atoms with E-state index < -0.39 is 0 Å². The molecule has 2 aliphatic heterocycles. The van der Waals surface area contributed by atoms with Crippen molar-refractivity contribution in [3.8, 4) is 11.5 Å². The molecule has 0 unspecified atom stereocenters. The number of fused-ring (bicyclic) bond motifs is 4. The molecule has 1 saturated carbocycles. The molecule has 1 aliphatic carbocycles. The third kappa shape index (κ3) is 2.78. The van der Waals surface area contributed by atoms with Gasteiger partial charge in [-0.3, -0.25) is 0 Å². The highest BCUT2D eigenvalue weighted by Crippen LogP contribution is 2.52. The lowest BCUT2D eigenvalue weighted by atomic mass is 9.80.